The highest BCUT2D eigenvalue weighted by atomic mass is 16.6. The van der Waals surface area contributed by atoms with Gasteiger partial charge in [0.15, 0.2) is 6.23 Å². The number of nitro groups is 1. The van der Waals surface area contributed by atoms with Crippen molar-refractivity contribution in [3.63, 3.8) is 0 Å². The van der Waals surface area contributed by atoms with E-state index >= 15 is 0 Å². The molecule has 1 aliphatic heterocycles. The minimum absolute atomic E-state index is 0.325. The molecule has 3 rings (SSSR count). The van der Waals surface area contributed by atoms with Crippen molar-refractivity contribution < 1.29 is 10.0 Å². The van der Waals surface area contributed by atoms with Crippen LogP contribution < -0.4 is 0 Å². The SMILES string of the molecule is O=[N+]([O-])c1nccn1[C@H](O)CN1Cc2ccccc2C1. The van der Waals surface area contributed by atoms with E-state index in [0.29, 0.717) is 6.54 Å². The molecule has 1 atom stereocenters. The van der Waals surface area contributed by atoms with Gasteiger partial charge in [-0.15, -0.1) is 0 Å². The van der Waals surface area contributed by atoms with E-state index in [0.717, 1.165) is 13.1 Å². The van der Waals surface area contributed by atoms with E-state index in [4.69, 9.17) is 0 Å². The lowest BCUT2D eigenvalue weighted by atomic mass is 10.1. The third-order valence-electron chi connectivity index (χ3n) is 3.46. The number of aliphatic hydroxyl groups excluding tert-OH is 1. The molecule has 0 aliphatic carbocycles. The summed E-state index contributed by atoms with van der Waals surface area (Å²) >= 11 is 0. The van der Waals surface area contributed by atoms with Gasteiger partial charge in [-0.2, -0.15) is 0 Å². The Hall–Kier alpha value is -2.25. The van der Waals surface area contributed by atoms with Gasteiger partial charge < -0.3 is 15.2 Å². The lowest BCUT2D eigenvalue weighted by Gasteiger charge is -2.18. The number of benzene rings is 1. The van der Waals surface area contributed by atoms with Gasteiger partial charge in [0.2, 0.25) is 0 Å². The van der Waals surface area contributed by atoms with Crippen molar-refractivity contribution in [2.75, 3.05) is 6.54 Å². The highest BCUT2D eigenvalue weighted by molar-refractivity contribution is 5.30. The quantitative estimate of drug-likeness (QED) is 0.671. The standard InChI is InChI=1S/C13H14N4O3/c18-12(16-6-5-14-13(16)17(19)20)9-15-7-10-3-1-2-4-11(10)8-15/h1-6,12,18H,7-9H2/t12-/m1/s1. The molecule has 2 heterocycles. The van der Waals surface area contributed by atoms with Gasteiger partial charge in [-0.25, -0.2) is 4.57 Å². The van der Waals surface area contributed by atoms with E-state index in [2.05, 4.69) is 22.0 Å². The summed E-state index contributed by atoms with van der Waals surface area (Å²) < 4.78 is 1.18. The van der Waals surface area contributed by atoms with Crippen molar-refractivity contribution in [2.45, 2.75) is 19.3 Å². The Bertz CT molecular complexity index is 615. The lowest BCUT2D eigenvalue weighted by Crippen LogP contribution is -2.27. The predicted octanol–water partition coefficient (Wildman–Crippen LogP) is 1.30. The summed E-state index contributed by atoms with van der Waals surface area (Å²) in [5.41, 5.74) is 2.47. The molecule has 0 spiro atoms. The topological polar surface area (TPSA) is 84.4 Å². The molecule has 1 aromatic carbocycles. The number of aromatic nitrogens is 2. The fraction of sp³-hybridized carbons (Fsp3) is 0.308. The molecule has 1 aromatic heterocycles. The number of β-amino-alcohol motifs (C(OH)–C–C–N with tert-alkyl or cyclic N) is 1. The highest BCUT2D eigenvalue weighted by Gasteiger charge is 2.26. The monoisotopic (exact) mass is 274 g/mol. The van der Waals surface area contributed by atoms with E-state index in [-0.39, 0.29) is 5.95 Å². The number of hydrogen-bond acceptors (Lipinski definition) is 5. The van der Waals surface area contributed by atoms with Crippen LogP contribution in [-0.2, 0) is 13.1 Å². The van der Waals surface area contributed by atoms with Gasteiger partial charge in [-0.3, -0.25) is 4.90 Å². The number of hydrogen-bond donors (Lipinski definition) is 1. The average molecular weight is 274 g/mol. The first-order chi connectivity index (χ1) is 9.65. The molecule has 0 radical (unpaired) electrons. The first-order valence-electron chi connectivity index (χ1n) is 6.29. The maximum atomic E-state index is 10.8. The van der Waals surface area contributed by atoms with Crippen LogP contribution in [0.2, 0.25) is 0 Å². The number of fused-ring (bicyclic) bond motifs is 1. The molecule has 1 N–H and O–H groups in total. The van der Waals surface area contributed by atoms with Crippen LogP contribution in [0.4, 0.5) is 5.95 Å². The molecule has 104 valence electrons. The fourth-order valence-corrected chi connectivity index (χ4v) is 2.53. The van der Waals surface area contributed by atoms with Gasteiger partial charge in [0.05, 0.1) is 6.54 Å². The molecule has 2 aromatic rings. The highest BCUT2D eigenvalue weighted by Crippen LogP contribution is 2.24. The van der Waals surface area contributed by atoms with Crippen LogP contribution in [0.5, 0.6) is 0 Å². The Kier molecular flexibility index (Phi) is 3.21. The number of aliphatic hydroxyl groups is 1. The zero-order chi connectivity index (χ0) is 14.1. The van der Waals surface area contributed by atoms with E-state index in [1.165, 1.54) is 28.1 Å². The van der Waals surface area contributed by atoms with Gasteiger partial charge in [-0.1, -0.05) is 29.2 Å². The second-order valence-electron chi connectivity index (χ2n) is 4.81. The number of nitrogens with zero attached hydrogens (tertiary/aromatic N) is 4. The van der Waals surface area contributed by atoms with Gasteiger partial charge >= 0.3 is 5.95 Å². The third kappa shape index (κ3) is 2.28. The van der Waals surface area contributed by atoms with Crippen LogP contribution in [-0.4, -0.2) is 31.0 Å². The Balaban J connectivity index is 1.70. The van der Waals surface area contributed by atoms with Crippen molar-refractivity contribution in [1.29, 1.82) is 0 Å². The van der Waals surface area contributed by atoms with Crippen LogP contribution in [0.1, 0.15) is 17.4 Å². The molecule has 7 heteroatoms. The van der Waals surface area contributed by atoms with Gasteiger partial charge in [-0.05, 0) is 16.1 Å². The molecule has 0 saturated heterocycles. The zero-order valence-corrected chi connectivity index (χ0v) is 10.7. The normalized spacial score (nSPS) is 16.1. The van der Waals surface area contributed by atoms with E-state index in [1.54, 1.807) is 0 Å². The smallest absolute Gasteiger partial charge is 0.390 e. The van der Waals surface area contributed by atoms with Gasteiger partial charge in [0, 0.05) is 13.1 Å². The summed E-state index contributed by atoms with van der Waals surface area (Å²) in [6, 6.07) is 8.09. The maximum absolute atomic E-state index is 10.8. The molecule has 7 nitrogen and oxygen atoms in total. The van der Waals surface area contributed by atoms with E-state index in [9.17, 15) is 15.2 Å². The Morgan fingerprint density at radius 1 is 1.35 bits per heavy atom. The van der Waals surface area contributed by atoms with Crippen LogP contribution >= 0.6 is 0 Å². The Morgan fingerprint density at radius 2 is 2.00 bits per heavy atom. The Labute approximate surface area is 115 Å². The summed E-state index contributed by atoms with van der Waals surface area (Å²) in [6.45, 7) is 1.82. The Morgan fingerprint density at radius 3 is 2.60 bits per heavy atom. The van der Waals surface area contributed by atoms with Crippen molar-refractivity contribution in [3.05, 3.63) is 57.9 Å². The molecular weight excluding hydrogens is 260 g/mol. The minimum atomic E-state index is -0.979. The summed E-state index contributed by atoms with van der Waals surface area (Å²) in [5.74, 6) is -0.339. The van der Waals surface area contributed by atoms with E-state index < -0.39 is 11.2 Å². The largest absolute Gasteiger partial charge is 0.436 e. The molecule has 20 heavy (non-hydrogen) atoms. The minimum Gasteiger partial charge on any atom is -0.390 e. The maximum Gasteiger partial charge on any atom is 0.436 e. The summed E-state index contributed by atoms with van der Waals surface area (Å²) in [4.78, 5) is 15.9. The number of rotatable bonds is 4. The van der Waals surface area contributed by atoms with Crippen molar-refractivity contribution in [3.8, 4) is 0 Å². The molecule has 0 amide bonds. The molecule has 0 bridgehead atoms. The van der Waals surface area contributed by atoms with Crippen LogP contribution in [0.15, 0.2) is 36.7 Å². The second-order valence-corrected chi connectivity index (χ2v) is 4.81. The van der Waals surface area contributed by atoms with Crippen molar-refractivity contribution >= 4 is 5.95 Å². The molecule has 0 fully saturated rings. The predicted molar refractivity (Wildman–Crippen MR) is 70.7 cm³/mol. The van der Waals surface area contributed by atoms with Gasteiger partial charge in [0.25, 0.3) is 0 Å². The molecular formula is C13H14N4O3. The average Bonchev–Trinajstić information content (AvgIpc) is 3.04. The van der Waals surface area contributed by atoms with Crippen molar-refractivity contribution in [2.24, 2.45) is 0 Å². The first-order valence-corrected chi connectivity index (χ1v) is 6.29. The summed E-state index contributed by atoms with van der Waals surface area (Å²) in [7, 11) is 0. The van der Waals surface area contributed by atoms with Crippen LogP contribution in [0, 0.1) is 10.1 Å². The number of imidazole rings is 1. The van der Waals surface area contributed by atoms with Crippen molar-refractivity contribution in [1.82, 2.24) is 14.5 Å². The molecule has 0 saturated carbocycles. The molecule has 1 aliphatic rings. The first kappa shape index (κ1) is 12.8. The lowest BCUT2D eigenvalue weighted by molar-refractivity contribution is -0.398. The fourth-order valence-electron chi connectivity index (χ4n) is 2.53. The third-order valence-corrected chi connectivity index (χ3v) is 3.46. The summed E-state index contributed by atoms with van der Waals surface area (Å²) in [5, 5.41) is 21.0. The van der Waals surface area contributed by atoms with E-state index in [1.807, 2.05) is 12.1 Å². The summed E-state index contributed by atoms with van der Waals surface area (Å²) in [6.07, 6.45) is 1.76. The zero-order valence-electron chi connectivity index (χ0n) is 10.7. The second kappa shape index (κ2) is 5.03. The van der Waals surface area contributed by atoms with Gasteiger partial charge in [0.1, 0.15) is 12.4 Å². The molecule has 0 unspecified atom stereocenters. The van der Waals surface area contributed by atoms with Crippen LogP contribution in [0.25, 0.3) is 0 Å². The van der Waals surface area contributed by atoms with Crippen LogP contribution in [0.3, 0.4) is 0 Å².